The summed E-state index contributed by atoms with van der Waals surface area (Å²) in [6, 6.07) is 0. The van der Waals surface area contributed by atoms with Gasteiger partial charge in [-0.2, -0.15) is 0 Å². The van der Waals surface area contributed by atoms with E-state index in [1.165, 1.54) is 0 Å². The largest absolute Gasteiger partial charge is 2.00 e. The Morgan fingerprint density at radius 3 is 1.25 bits per heavy atom. The van der Waals surface area contributed by atoms with Gasteiger partial charge in [0.15, 0.2) is 0 Å². The second-order valence-corrected chi connectivity index (χ2v) is 0. The minimum Gasteiger partial charge on any atom is 2.00 e. The minimum atomic E-state index is 0. The quantitative estimate of drug-likeness (QED) is 0.402. The Labute approximate surface area is 98.9 Å². The molecule has 0 nitrogen and oxygen atoms in total. The fraction of sp³-hybridized carbons (Fsp3) is 0. The average molecular weight is 325 g/mol. The molecule has 0 aromatic carbocycles. The summed E-state index contributed by atoms with van der Waals surface area (Å²) in [6.45, 7) is 0. The normalized spacial score (nSPS) is 0. The van der Waals surface area contributed by atoms with Crippen LogP contribution in [-0.2, 0) is 0 Å². The van der Waals surface area contributed by atoms with Crippen molar-refractivity contribution in [3.63, 3.8) is 0 Å². The molecule has 0 aromatic heterocycles. The molecule has 0 saturated heterocycles. The molecule has 0 amide bonds. The molecule has 4 heavy (non-hydrogen) atoms. The predicted octanol–water partition coefficient (Wildman–Crippen LogP) is -3.71. The van der Waals surface area contributed by atoms with Crippen molar-refractivity contribution in [2.75, 3.05) is 0 Å². The molecule has 0 aliphatic carbocycles. The van der Waals surface area contributed by atoms with Gasteiger partial charge in [-0.25, -0.2) is 0 Å². The first-order valence-corrected chi connectivity index (χ1v) is 0. The Bertz CT molecular complexity index is 13.5. The summed E-state index contributed by atoms with van der Waals surface area (Å²) in [6.07, 6.45) is 0. The molecule has 0 N–H and O–H groups in total. The SMILES string of the molecule is [AsH3].[GeH4].[H-].[H-].[SeH2].[Sr+2]. The molecule has 0 radical (unpaired) electrons. The van der Waals surface area contributed by atoms with Gasteiger partial charge in [-0.05, 0) is 0 Å². The zero-order valence-corrected chi connectivity index (χ0v) is 10.5. The monoisotopic (exact) mass is 328 g/mol. The zero-order valence-electron chi connectivity index (χ0n) is 3.91. The van der Waals surface area contributed by atoms with Gasteiger partial charge in [-0.3, -0.25) is 0 Å². The van der Waals surface area contributed by atoms with Crippen LogP contribution in [0.15, 0.2) is 0 Å². The number of rotatable bonds is 0. The van der Waals surface area contributed by atoms with E-state index in [4.69, 9.17) is 0 Å². The van der Waals surface area contributed by atoms with Gasteiger partial charge >= 0.3 is 98.1 Å². The molecule has 0 aliphatic heterocycles. The van der Waals surface area contributed by atoms with Gasteiger partial charge in [0.1, 0.15) is 0 Å². The maximum absolute atomic E-state index is 0. The van der Waals surface area contributed by atoms with Crippen LogP contribution in [0.3, 0.4) is 0 Å². The first-order valence-electron chi connectivity index (χ1n) is 0. The van der Waals surface area contributed by atoms with E-state index in [0.29, 0.717) is 0 Å². The van der Waals surface area contributed by atoms with E-state index < -0.39 is 0 Å². The van der Waals surface area contributed by atoms with Crippen LogP contribution in [0, 0.1) is 0 Å². The fourth-order valence-electron chi connectivity index (χ4n) is 0. The van der Waals surface area contributed by atoms with Crippen LogP contribution >= 0.6 is 0 Å². The van der Waals surface area contributed by atoms with Crippen LogP contribution < -0.4 is 0 Å². The van der Waals surface area contributed by atoms with Crippen LogP contribution in [0.4, 0.5) is 0 Å². The van der Waals surface area contributed by atoms with Crippen molar-refractivity contribution >= 4 is 98.1 Å². The molecular formula is H11AsGeSeSr. The predicted molar refractivity (Wildman–Crippen MR) is 37.8 cm³/mol. The van der Waals surface area contributed by atoms with Gasteiger partial charge in [0.05, 0.1) is 0 Å². The second kappa shape index (κ2) is 16.5. The van der Waals surface area contributed by atoms with E-state index in [-0.39, 0.29) is 101 Å². The van der Waals surface area contributed by atoms with Gasteiger partial charge in [0.25, 0.3) is 0 Å². The number of hydrogen-bond acceptors (Lipinski definition) is 0. The molecule has 0 aliphatic rings. The summed E-state index contributed by atoms with van der Waals surface area (Å²) >= 11 is 0. The van der Waals surface area contributed by atoms with Gasteiger partial charge < -0.3 is 2.85 Å². The molecule has 0 heterocycles. The average Bonchev–Trinajstić information content (AvgIpc) is 0. The molecular weight excluding hydrogens is 314 g/mol. The second-order valence-electron chi connectivity index (χ2n) is 0. The molecule has 1 unspecified atom stereocenters. The van der Waals surface area contributed by atoms with Gasteiger partial charge in [-0.15, -0.1) is 0 Å². The van der Waals surface area contributed by atoms with Crippen LogP contribution in [0.2, 0.25) is 0 Å². The fourth-order valence-corrected chi connectivity index (χ4v) is 0. The van der Waals surface area contributed by atoms with Crippen molar-refractivity contribution in [2.24, 2.45) is 0 Å². The van der Waals surface area contributed by atoms with Crippen molar-refractivity contribution in [3.05, 3.63) is 0 Å². The third-order valence-electron chi connectivity index (χ3n) is 0. The molecule has 0 spiro atoms. The summed E-state index contributed by atoms with van der Waals surface area (Å²) in [4.78, 5) is 0. The Morgan fingerprint density at radius 2 is 1.25 bits per heavy atom. The van der Waals surface area contributed by atoms with Gasteiger partial charge in [0.2, 0.25) is 0 Å². The van der Waals surface area contributed by atoms with Gasteiger partial charge in [-0.1, -0.05) is 0 Å². The van der Waals surface area contributed by atoms with Crippen molar-refractivity contribution in [2.45, 2.75) is 0 Å². The third kappa shape index (κ3) is 8.92. The summed E-state index contributed by atoms with van der Waals surface area (Å²) in [7, 11) is 0. The van der Waals surface area contributed by atoms with Crippen molar-refractivity contribution in [3.8, 4) is 0 Å². The van der Waals surface area contributed by atoms with Crippen LogP contribution in [0.1, 0.15) is 2.85 Å². The Morgan fingerprint density at radius 1 is 1.25 bits per heavy atom. The summed E-state index contributed by atoms with van der Waals surface area (Å²) < 4.78 is 0. The van der Waals surface area contributed by atoms with Gasteiger partial charge in [0, 0.05) is 0 Å². The number of hydrogen-bond donors (Lipinski definition) is 0. The van der Waals surface area contributed by atoms with Crippen LogP contribution in [-0.4, -0.2) is 98.1 Å². The maximum atomic E-state index is 0. The van der Waals surface area contributed by atoms with Crippen LogP contribution in [0.5, 0.6) is 0 Å². The van der Waals surface area contributed by atoms with Crippen molar-refractivity contribution in [1.29, 1.82) is 0 Å². The molecule has 0 fully saturated rings. The first kappa shape index (κ1) is 27.5. The van der Waals surface area contributed by atoms with Crippen molar-refractivity contribution in [1.82, 2.24) is 0 Å². The maximum Gasteiger partial charge on any atom is 2.00 e. The zero-order chi connectivity index (χ0) is 0. The summed E-state index contributed by atoms with van der Waals surface area (Å²) in [5.41, 5.74) is 0. The molecule has 0 rings (SSSR count). The Balaban J connectivity index is 0. The molecule has 0 aromatic rings. The topological polar surface area (TPSA) is 0 Å². The van der Waals surface area contributed by atoms with E-state index in [1.807, 2.05) is 0 Å². The summed E-state index contributed by atoms with van der Waals surface area (Å²) in [5.74, 6) is 0. The molecule has 28 valence electrons. The minimum absolute atomic E-state index is 0. The van der Waals surface area contributed by atoms with E-state index in [0.717, 1.165) is 0 Å². The van der Waals surface area contributed by atoms with E-state index in [1.54, 1.807) is 0 Å². The van der Waals surface area contributed by atoms with Crippen LogP contribution in [0.25, 0.3) is 0 Å². The first-order chi connectivity index (χ1) is 0. The molecule has 4 heteroatoms. The molecule has 1 atom stereocenters. The summed E-state index contributed by atoms with van der Waals surface area (Å²) in [5, 5.41) is 0. The Hall–Kier alpha value is 3.10. The van der Waals surface area contributed by atoms with Crippen molar-refractivity contribution < 1.29 is 2.85 Å². The van der Waals surface area contributed by atoms with E-state index >= 15 is 0 Å². The van der Waals surface area contributed by atoms with E-state index in [2.05, 4.69) is 0 Å². The third-order valence-corrected chi connectivity index (χ3v) is 0. The molecule has 0 bridgehead atoms. The standard InChI is InChI=1S/AsH3.GeH4.H2Se.Sr.2H/h1H3;1H4;1H2;;;/q;;;+2;2*-1. The Kier molecular flexibility index (Phi) is 113. The van der Waals surface area contributed by atoms with E-state index in [9.17, 15) is 0 Å². The smallest absolute Gasteiger partial charge is 2.00 e. The molecule has 0 saturated carbocycles.